The van der Waals surface area contributed by atoms with E-state index in [9.17, 15) is 0 Å². The minimum Gasteiger partial charge on any atom is -0.385 e. The predicted octanol–water partition coefficient (Wildman–Crippen LogP) is 4.94. The summed E-state index contributed by atoms with van der Waals surface area (Å²) < 4.78 is 0. The standard InChI is InChI=1S/C25H27ClN2/c1-5-27-23-13-11-19(15-17(23)3)25(21-9-7-8-10-22(21)26)20-12-14-24(28-6-2)18(4)16-20/h7-16,27H,5-6H2,1-4H3/p+1/b25-20+,28-24?. The molecule has 3 heteroatoms. The molecule has 0 spiro atoms. The van der Waals surface area contributed by atoms with Crippen molar-refractivity contribution in [3.63, 3.8) is 0 Å². The zero-order valence-corrected chi connectivity index (χ0v) is 17.8. The van der Waals surface area contributed by atoms with Gasteiger partial charge in [0.05, 0.1) is 0 Å². The summed E-state index contributed by atoms with van der Waals surface area (Å²) in [5.74, 6) is 0. The fraction of sp³-hybridized carbons (Fsp3) is 0.240. The van der Waals surface area contributed by atoms with E-state index in [1.165, 1.54) is 33.7 Å². The van der Waals surface area contributed by atoms with Crippen LogP contribution in [0.15, 0.2) is 71.8 Å². The Labute approximate surface area is 173 Å². The van der Waals surface area contributed by atoms with Crippen molar-refractivity contribution in [2.24, 2.45) is 0 Å². The molecule has 0 saturated carbocycles. The van der Waals surface area contributed by atoms with Crippen LogP contribution in [0.25, 0.3) is 5.57 Å². The van der Waals surface area contributed by atoms with Crippen LogP contribution in [0.3, 0.4) is 0 Å². The number of halogens is 1. The summed E-state index contributed by atoms with van der Waals surface area (Å²) in [6, 6.07) is 14.6. The molecule has 0 fully saturated rings. The molecule has 2 aromatic carbocycles. The van der Waals surface area contributed by atoms with Crippen LogP contribution in [0.4, 0.5) is 5.69 Å². The van der Waals surface area contributed by atoms with E-state index in [1.807, 2.05) is 18.2 Å². The fourth-order valence-corrected chi connectivity index (χ4v) is 3.79. The van der Waals surface area contributed by atoms with Gasteiger partial charge in [-0.15, -0.1) is 0 Å². The first-order valence-corrected chi connectivity index (χ1v) is 10.2. The second-order valence-corrected chi connectivity index (χ2v) is 7.38. The molecule has 0 atom stereocenters. The van der Waals surface area contributed by atoms with Gasteiger partial charge in [-0.2, -0.15) is 0 Å². The van der Waals surface area contributed by atoms with Gasteiger partial charge < -0.3 is 5.32 Å². The summed E-state index contributed by atoms with van der Waals surface area (Å²) >= 11 is 6.61. The molecular weight excluding hydrogens is 364 g/mol. The van der Waals surface area contributed by atoms with Gasteiger partial charge >= 0.3 is 0 Å². The predicted molar refractivity (Wildman–Crippen MR) is 122 cm³/mol. The van der Waals surface area contributed by atoms with Crippen LogP contribution in [-0.2, 0) is 0 Å². The first kappa shape index (κ1) is 20.2. The number of rotatable bonds is 5. The minimum absolute atomic E-state index is 0.763. The van der Waals surface area contributed by atoms with Crippen LogP contribution in [0, 0.1) is 6.92 Å². The Morgan fingerprint density at radius 3 is 2.46 bits per heavy atom. The Morgan fingerprint density at radius 2 is 1.82 bits per heavy atom. The number of aryl methyl sites for hydroxylation is 1. The maximum Gasteiger partial charge on any atom is 0.201 e. The number of nitrogens with one attached hydrogen (secondary N) is 2. The highest BCUT2D eigenvalue weighted by molar-refractivity contribution is 6.32. The molecular formula is C25H28ClN2+. The summed E-state index contributed by atoms with van der Waals surface area (Å²) in [4.78, 5) is 3.42. The van der Waals surface area contributed by atoms with Gasteiger partial charge in [-0.3, -0.25) is 0 Å². The van der Waals surface area contributed by atoms with E-state index in [4.69, 9.17) is 11.6 Å². The van der Waals surface area contributed by atoms with Gasteiger partial charge in [-0.1, -0.05) is 35.9 Å². The van der Waals surface area contributed by atoms with Crippen molar-refractivity contribution in [1.82, 2.24) is 0 Å². The summed E-state index contributed by atoms with van der Waals surface area (Å²) in [6.45, 7) is 10.3. The van der Waals surface area contributed by atoms with Gasteiger partial charge in [0, 0.05) is 34.5 Å². The lowest BCUT2D eigenvalue weighted by Crippen LogP contribution is -2.72. The third-order valence-corrected chi connectivity index (χ3v) is 5.24. The zero-order valence-electron chi connectivity index (χ0n) is 17.1. The van der Waals surface area contributed by atoms with E-state index in [2.05, 4.69) is 80.5 Å². The molecule has 0 amide bonds. The van der Waals surface area contributed by atoms with Crippen LogP contribution in [-0.4, -0.2) is 18.8 Å². The molecule has 1 aliphatic rings. The topological polar surface area (TPSA) is 26.0 Å². The SMILES string of the molecule is CCNc1ccc(/C(=C2/C=CC(=[NH+]CC)C(C)=C2)c2ccccc2Cl)cc1C. The van der Waals surface area contributed by atoms with Crippen LogP contribution >= 0.6 is 11.6 Å². The Hall–Kier alpha value is -2.58. The first-order chi connectivity index (χ1) is 13.5. The average molecular weight is 392 g/mol. The molecule has 144 valence electrons. The smallest absolute Gasteiger partial charge is 0.201 e. The van der Waals surface area contributed by atoms with Gasteiger partial charge in [0.15, 0.2) is 0 Å². The highest BCUT2D eigenvalue weighted by atomic mass is 35.5. The van der Waals surface area contributed by atoms with Gasteiger partial charge in [-0.25, -0.2) is 4.99 Å². The van der Waals surface area contributed by atoms with Gasteiger partial charge in [-0.05, 0) is 80.3 Å². The van der Waals surface area contributed by atoms with Gasteiger partial charge in [0.2, 0.25) is 5.71 Å². The fourth-order valence-electron chi connectivity index (χ4n) is 3.56. The maximum absolute atomic E-state index is 6.61. The van der Waals surface area contributed by atoms with E-state index < -0.39 is 0 Å². The Kier molecular flexibility index (Phi) is 6.53. The molecule has 2 aromatic rings. The molecule has 0 heterocycles. The second-order valence-electron chi connectivity index (χ2n) is 6.97. The third kappa shape index (κ3) is 4.28. The number of allylic oxidation sites excluding steroid dienone is 5. The second kappa shape index (κ2) is 9.07. The molecule has 0 radical (unpaired) electrons. The summed E-state index contributed by atoms with van der Waals surface area (Å²) in [7, 11) is 0. The molecule has 0 saturated heterocycles. The summed E-state index contributed by atoms with van der Waals surface area (Å²) in [6.07, 6.45) is 6.58. The number of hydrogen-bond acceptors (Lipinski definition) is 1. The average Bonchev–Trinajstić information content (AvgIpc) is 2.68. The monoisotopic (exact) mass is 391 g/mol. The quantitative estimate of drug-likeness (QED) is 0.741. The minimum atomic E-state index is 0.763. The van der Waals surface area contributed by atoms with Crippen LogP contribution < -0.4 is 10.3 Å². The largest absolute Gasteiger partial charge is 0.385 e. The highest BCUT2D eigenvalue weighted by Crippen LogP contribution is 2.35. The van der Waals surface area contributed by atoms with Gasteiger partial charge in [0.1, 0.15) is 6.54 Å². The van der Waals surface area contributed by atoms with Crippen molar-refractivity contribution in [2.75, 3.05) is 18.4 Å². The molecule has 0 aliphatic heterocycles. The molecule has 3 rings (SSSR count). The van der Waals surface area contributed by atoms with Crippen molar-refractivity contribution in [3.05, 3.63) is 93.6 Å². The summed E-state index contributed by atoms with van der Waals surface area (Å²) in [5, 5.41) is 4.18. The summed E-state index contributed by atoms with van der Waals surface area (Å²) in [5.41, 5.74) is 9.34. The zero-order chi connectivity index (χ0) is 20.1. The lowest BCUT2D eigenvalue weighted by atomic mass is 9.88. The molecule has 0 bridgehead atoms. The maximum atomic E-state index is 6.61. The molecule has 1 aliphatic carbocycles. The third-order valence-electron chi connectivity index (χ3n) is 4.91. The van der Waals surface area contributed by atoms with Crippen molar-refractivity contribution in [1.29, 1.82) is 0 Å². The molecule has 2 nitrogen and oxygen atoms in total. The Morgan fingerprint density at radius 1 is 1.04 bits per heavy atom. The normalized spacial score (nSPS) is 16.9. The van der Waals surface area contributed by atoms with Crippen molar-refractivity contribution in [3.8, 4) is 0 Å². The number of benzene rings is 2. The number of hydrogen-bond donors (Lipinski definition) is 2. The first-order valence-electron chi connectivity index (χ1n) is 9.86. The van der Waals surface area contributed by atoms with E-state index in [0.29, 0.717) is 0 Å². The molecule has 0 unspecified atom stereocenters. The molecule has 0 aromatic heterocycles. The lowest BCUT2D eigenvalue weighted by Gasteiger charge is -2.17. The number of anilines is 1. The highest BCUT2D eigenvalue weighted by Gasteiger charge is 2.17. The van der Waals surface area contributed by atoms with Crippen LogP contribution in [0.5, 0.6) is 0 Å². The van der Waals surface area contributed by atoms with Crippen LogP contribution in [0.2, 0.25) is 5.02 Å². The van der Waals surface area contributed by atoms with Crippen molar-refractivity contribution < 1.29 is 4.99 Å². The van der Waals surface area contributed by atoms with Crippen molar-refractivity contribution >= 4 is 28.6 Å². The van der Waals surface area contributed by atoms with E-state index in [0.717, 1.165) is 29.2 Å². The Balaban J connectivity index is 2.21. The lowest BCUT2D eigenvalue weighted by molar-refractivity contribution is -0.451. The van der Waals surface area contributed by atoms with E-state index in [1.54, 1.807) is 0 Å². The van der Waals surface area contributed by atoms with Gasteiger partial charge in [0.25, 0.3) is 0 Å². The molecule has 2 N–H and O–H groups in total. The van der Waals surface area contributed by atoms with E-state index >= 15 is 0 Å². The molecule has 28 heavy (non-hydrogen) atoms. The Bertz CT molecular complexity index is 993. The van der Waals surface area contributed by atoms with Crippen LogP contribution in [0.1, 0.15) is 37.5 Å². The van der Waals surface area contributed by atoms with Crippen molar-refractivity contribution in [2.45, 2.75) is 27.7 Å². The van der Waals surface area contributed by atoms with E-state index in [-0.39, 0.29) is 0 Å².